The van der Waals surface area contributed by atoms with Crippen LogP contribution in [0.5, 0.6) is 5.75 Å². The van der Waals surface area contributed by atoms with Crippen LogP contribution in [0.3, 0.4) is 0 Å². The third kappa shape index (κ3) is 4.76. The first-order chi connectivity index (χ1) is 13.1. The van der Waals surface area contributed by atoms with E-state index in [1.807, 2.05) is 25.1 Å². The zero-order chi connectivity index (χ0) is 19.2. The van der Waals surface area contributed by atoms with E-state index in [4.69, 9.17) is 9.15 Å². The largest absolute Gasteiger partial charge is 0.484 e. The van der Waals surface area contributed by atoms with Crippen molar-refractivity contribution < 1.29 is 13.9 Å². The van der Waals surface area contributed by atoms with E-state index in [-0.39, 0.29) is 18.1 Å². The normalized spacial score (nSPS) is 10.7. The van der Waals surface area contributed by atoms with Gasteiger partial charge in [0.1, 0.15) is 11.3 Å². The lowest BCUT2D eigenvalue weighted by Gasteiger charge is -2.10. The molecule has 5 heteroatoms. The van der Waals surface area contributed by atoms with E-state index in [1.165, 1.54) is 17.2 Å². The van der Waals surface area contributed by atoms with Crippen LogP contribution in [-0.2, 0) is 17.6 Å². The summed E-state index contributed by atoms with van der Waals surface area (Å²) in [7, 11) is 0. The summed E-state index contributed by atoms with van der Waals surface area (Å²) in [6.45, 7) is 4.51. The molecule has 140 valence electrons. The topological polar surface area (TPSA) is 68.5 Å². The maximum Gasteiger partial charge on any atom is 0.336 e. The molecule has 0 saturated carbocycles. The Bertz CT molecular complexity index is 1010. The van der Waals surface area contributed by atoms with E-state index in [0.717, 1.165) is 23.8 Å². The third-order valence-electron chi connectivity index (χ3n) is 4.53. The predicted molar refractivity (Wildman–Crippen MR) is 105 cm³/mol. The van der Waals surface area contributed by atoms with Crippen molar-refractivity contribution in [3.05, 3.63) is 75.6 Å². The number of nitrogens with one attached hydrogen (secondary N) is 1. The van der Waals surface area contributed by atoms with Gasteiger partial charge in [-0.15, -0.1) is 0 Å². The average Bonchev–Trinajstić information content (AvgIpc) is 2.66. The fourth-order valence-corrected chi connectivity index (χ4v) is 3.02. The van der Waals surface area contributed by atoms with Gasteiger partial charge in [-0.05, 0) is 48.6 Å². The number of fused-ring (bicyclic) bond motifs is 1. The van der Waals surface area contributed by atoms with Gasteiger partial charge in [0.25, 0.3) is 5.91 Å². The molecule has 2 aromatic carbocycles. The smallest absolute Gasteiger partial charge is 0.336 e. The number of ether oxygens (including phenoxy) is 1. The number of hydrogen-bond acceptors (Lipinski definition) is 4. The van der Waals surface area contributed by atoms with Crippen LogP contribution in [0.25, 0.3) is 11.0 Å². The molecule has 1 aromatic heterocycles. The van der Waals surface area contributed by atoms with Crippen LogP contribution in [0.2, 0.25) is 0 Å². The summed E-state index contributed by atoms with van der Waals surface area (Å²) in [6.07, 6.45) is 1.52. The molecule has 3 aromatic rings. The average molecular weight is 365 g/mol. The summed E-state index contributed by atoms with van der Waals surface area (Å²) in [5.74, 6) is 0.306. The predicted octanol–water partition coefficient (Wildman–Crippen LogP) is 3.40. The molecule has 27 heavy (non-hydrogen) atoms. The molecule has 0 saturated heterocycles. The third-order valence-corrected chi connectivity index (χ3v) is 4.53. The Labute approximate surface area is 158 Å². The molecule has 0 bridgehead atoms. The molecule has 5 nitrogen and oxygen atoms in total. The van der Waals surface area contributed by atoms with E-state index in [1.54, 1.807) is 12.1 Å². The van der Waals surface area contributed by atoms with E-state index in [2.05, 4.69) is 24.4 Å². The Hall–Kier alpha value is -3.08. The minimum Gasteiger partial charge on any atom is -0.484 e. The summed E-state index contributed by atoms with van der Waals surface area (Å²) < 4.78 is 10.8. The molecular weight excluding hydrogens is 342 g/mol. The lowest BCUT2D eigenvalue weighted by atomic mass is 10.1. The van der Waals surface area contributed by atoms with Crippen LogP contribution in [0.15, 0.2) is 57.7 Å². The van der Waals surface area contributed by atoms with E-state index in [9.17, 15) is 9.59 Å². The Morgan fingerprint density at radius 1 is 1.11 bits per heavy atom. The zero-order valence-corrected chi connectivity index (χ0v) is 15.6. The molecule has 0 fully saturated rings. The van der Waals surface area contributed by atoms with Gasteiger partial charge in [0, 0.05) is 24.1 Å². The minimum atomic E-state index is -0.384. The van der Waals surface area contributed by atoms with Crippen molar-refractivity contribution in [2.75, 3.05) is 13.2 Å². The van der Waals surface area contributed by atoms with Gasteiger partial charge in [0.15, 0.2) is 6.61 Å². The van der Waals surface area contributed by atoms with Crippen molar-refractivity contribution >= 4 is 16.9 Å². The Kier molecular flexibility index (Phi) is 5.91. The summed E-state index contributed by atoms with van der Waals surface area (Å²) in [5.41, 5.74) is 3.45. The van der Waals surface area contributed by atoms with Gasteiger partial charge >= 0.3 is 5.63 Å². The van der Waals surface area contributed by atoms with Crippen LogP contribution in [0.1, 0.15) is 23.6 Å². The molecule has 0 aliphatic heterocycles. The SMILES string of the molecule is CCc1cc(=O)oc2cc(OCC(=O)NCCc3ccccc3C)ccc12. The van der Waals surface area contributed by atoms with Crippen molar-refractivity contribution in [3.8, 4) is 5.75 Å². The summed E-state index contributed by atoms with van der Waals surface area (Å²) in [4.78, 5) is 23.6. The molecular formula is C22H23NO4. The number of carbonyl (C=O) groups is 1. The number of hydrogen-bond donors (Lipinski definition) is 1. The highest BCUT2D eigenvalue weighted by Crippen LogP contribution is 2.23. The van der Waals surface area contributed by atoms with Crippen molar-refractivity contribution in [2.24, 2.45) is 0 Å². The summed E-state index contributed by atoms with van der Waals surface area (Å²) >= 11 is 0. The van der Waals surface area contributed by atoms with Gasteiger partial charge in [0.2, 0.25) is 0 Å². The molecule has 0 aliphatic rings. The fourth-order valence-electron chi connectivity index (χ4n) is 3.02. The van der Waals surface area contributed by atoms with Crippen LogP contribution in [0.4, 0.5) is 0 Å². The highest BCUT2D eigenvalue weighted by atomic mass is 16.5. The van der Waals surface area contributed by atoms with Gasteiger partial charge in [-0.25, -0.2) is 4.79 Å². The molecule has 1 N–H and O–H groups in total. The highest BCUT2D eigenvalue weighted by molar-refractivity contribution is 5.82. The first-order valence-electron chi connectivity index (χ1n) is 9.07. The second kappa shape index (κ2) is 8.54. The van der Waals surface area contributed by atoms with Crippen LogP contribution < -0.4 is 15.7 Å². The second-order valence-corrected chi connectivity index (χ2v) is 6.42. The number of carbonyl (C=O) groups excluding carboxylic acids is 1. The van der Waals surface area contributed by atoms with Gasteiger partial charge in [0.05, 0.1) is 0 Å². The number of aryl methyl sites for hydroxylation is 2. The van der Waals surface area contributed by atoms with E-state index in [0.29, 0.717) is 17.9 Å². The van der Waals surface area contributed by atoms with E-state index >= 15 is 0 Å². The monoisotopic (exact) mass is 365 g/mol. The minimum absolute atomic E-state index is 0.0863. The standard InChI is InChI=1S/C22H23NO4/c1-3-16-12-22(25)27-20-13-18(8-9-19(16)20)26-14-21(24)23-11-10-17-7-5-4-6-15(17)2/h4-9,12-13H,3,10-11,14H2,1-2H3,(H,23,24). The summed E-state index contributed by atoms with van der Waals surface area (Å²) in [5, 5.41) is 3.74. The zero-order valence-electron chi connectivity index (χ0n) is 15.6. The number of benzene rings is 2. The number of rotatable bonds is 7. The first kappa shape index (κ1) is 18.7. The molecule has 0 atom stereocenters. The summed E-state index contributed by atoms with van der Waals surface area (Å²) in [6, 6.07) is 14.9. The Balaban J connectivity index is 1.55. The fraction of sp³-hybridized carbons (Fsp3) is 0.273. The maximum absolute atomic E-state index is 12.0. The highest BCUT2D eigenvalue weighted by Gasteiger charge is 2.08. The van der Waals surface area contributed by atoms with Gasteiger partial charge in [-0.2, -0.15) is 0 Å². The van der Waals surface area contributed by atoms with Gasteiger partial charge in [-0.1, -0.05) is 31.2 Å². The molecule has 1 heterocycles. The molecule has 1 amide bonds. The van der Waals surface area contributed by atoms with Crippen molar-refractivity contribution in [2.45, 2.75) is 26.7 Å². The quantitative estimate of drug-likeness (QED) is 0.652. The molecule has 0 spiro atoms. The van der Waals surface area contributed by atoms with Gasteiger partial charge < -0.3 is 14.5 Å². The van der Waals surface area contributed by atoms with Crippen LogP contribution in [0, 0.1) is 6.92 Å². The molecule has 0 radical (unpaired) electrons. The van der Waals surface area contributed by atoms with Crippen molar-refractivity contribution in [3.63, 3.8) is 0 Å². The van der Waals surface area contributed by atoms with Crippen molar-refractivity contribution in [1.82, 2.24) is 5.32 Å². The second-order valence-electron chi connectivity index (χ2n) is 6.42. The van der Waals surface area contributed by atoms with Crippen LogP contribution in [-0.4, -0.2) is 19.1 Å². The van der Waals surface area contributed by atoms with E-state index < -0.39 is 0 Å². The van der Waals surface area contributed by atoms with Crippen molar-refractivity contribution in [1.29, 1.82) is 0 Å². The Morgan fingerprint density at radius 3 is 2.70 bits per heavy atom. The number of amides is 1. The maximum atomic E-state index is 12.0. The van der Waals surface area contributed by atoms with Gasteiger partial charge in [-0.3, -0.25) is 4.79 Å². The first-order valence-corrected chi connectivity index (χ1v) is 9.07. The lowest BCUT2D eigenvalue weighted by Crippen LogP contribution is -2.30. The lowest BCUT2D eigenvalue weighted by molar-refractivity contribution is -0.123. The molecule has 0 aliphatic carbocycles. The molecule has 3 rings (SSSR count). The van der Waals surface area contributed by atoms with Crippen LogP contribution >= 0.6 is 0 Å². The molecule has 0 unspecified atom stereocenters. The Morgan fingerprint density at radius 2 is 1.93 bits per heavy atom.